The van der Waals surface area contributed by atoms with Crippen molar-refractivity contribution in [1.29, 1.82) is 0 Å². The number of nitrogens with zero attached hydrogens (tertiary/aromatic N) is 2. The Hall–Kier alpha value is -1.22. The lowest BCUT2D eigenvalue weighted by atomic mass is 9.96. The second-order valence-electron chi connectivity index (χ2n) is 7.08. The van der Waals surface area contributed by atoms with E-state index in [-0.39, 0.29) is 0 Å². The fraction of sp³-hybridized carbons (Fsp3) is 0.667. The van der Waals surface area contributed by atoms with E-state index in [0.717, 1.165) is 12.6 Å². The minimum Gasteiger partial charge on any atom is -0.384 e. The van der Waals surface area contributed by atoms with Crippen LogP contribution in [0.3, 0.4) is 0 Å². The number of fused-ring (bicyclic) bond motifs is 1. The Bertz CT molecular complexity index is 499. The Morgan fingerprint density at radius 2 is 1.90 bits per heavy atom. The quantitative estimate of drug-likeness (QED) is 0.920. The maximum atomic E-state index is 3.57. The van der Waals surface area contributed by atoms with Crippen molar-refractivity contribution in [3.63, 3.8) is 0 Å². The molecule has 0 aromatic heterocycles. The first kappa shape index (κ1) is 14.7. The zero-order chi connectivity index (χ0) is 15.0. The predicted octanol–water partition coefficient (Wildman–Crippen LogP) is 3.31. The fourth-order valence-electron chi connectivity index (χ4n) is 3.66. The van der Waals surface area contributed by atoms with Gasteiger partial charge in [0.2, 0.25) is 0 Å². The van der Waals surface area contributed by atoms with Crippen LogP contribution in [-0.2, 0) is 6.42 Å². The third kappa shape index (κ3) is 2.89. The van der Waals surface area contributed by atoms with Crippen molar-refractivity contribution in [2.24, 2.45) is 0 Å². The van der Waals surface area contributed by atoms with Crippen LogP contribution in [0.2, 0.25) is 0 Å². The molecular formula is C18H29N3. The van der Waals surface area contributed by atoms with Gasteiger partial charge in [-0.15, -0.1) is 0 Å². The van der Waals surface area contributed by atoms with Crippen molar-refractivity contribution in [3.8, 4) is 0 Å². The van der Waals surface area contributed by atoms with Crippen LogP contribution < -0.4 is 10.2 Å². The molecule has 116 valence electrons. The molecule has 3 rings (SSSR count). The van der Waals surface area contributed by atoms with Gasteiger partial charge in [-0.05, 0) is 57.0 Å². The van der Waals surface area contributed by atoms with Crippen LogP contribution in [0, 0.1) is 0 Å². The van der Waals surface area contributed by atoms with Gasteiger partial charge in [-0.2, -0.15) is 0 Å². The monoisotopic (exact) mass is 287 g/mol. The number of nitrogens with one attached hydrogen (secondary N) is 1. The largest absolute Gasteiger partial charge is 0.384 e. The van der Waals surface area contributed by atoms with Crippen LogP contribution in [0.15, 0.2) is 12.1 Å². The van der Waals surface area contributed by atoms with Crippen molar-refractivity contribution in [2.75, 3.05) is 43.9 Å². The predicted molar refractivity (Wildman–Crippen MR) is 91.6 cm³/mol. The third-order valence-electron chi connectivity index (χ3n) is 5.14. The van der Waals surface area contributed by atoms with E-state index in [0.29, 0.717) is 5.92 Å². The van der Waals surface area contributed by atoms with E-state index in [1.165, 1.54) is 49.3 Å². The summed E-state index contributed by atoms with van der Waals surface area (Å²) in [5, 5.41) is 3.57. The first-order chi connectivity index (χ1) is 10.1. The van der Waals surface area contributed by atoms with Gasteiger partial charge in [-0.25, -0.2) is 0 Å². The highest BCUT2D eigenvalue weighted by atomic mass is 15.2. The van der Waals surface area contributed by atoms with Crippen LogP contribution in [-0.4, -0.2) is 44.7 Å². The highest BCUT2D eigenvalue weighted by Crippen LogP contribution is 2.37. The average Bonchev–Trinajstić information content (AvgIpc) is 2.94. The summed E-state index contributed by atoms with van der Waals surface area (Å²) in [6.45, 7) is 8.06. The van der Waals surface area contributed by atoms with E-state index in [9.17, 15) is 0 Å². The summed E-state index contributed by atoms with van der Waals surface area (Å²) in [6, 6.07) is 5.57. The molecule has 3 heteroatoms. The van der Waals surface area contributed by atoms with E-state index in [4.69, 9.17) is 0 Å². The summed E-state index contributed by atoms with van der Waals surface area (Å²) < 4.78 is 0. The van der Waals surface area contributed by atoms with Crippen LogP contribution >= 0.6 is 0 Å². The van der Waals surface area contributed by atoms with Gasteiger partial charge in [0.05, 0.1) is 0 Å². The number of piperidine rings is 1. The molecule has 1 saturated heterocycles. The Labute approximate surface area is 129 Å². The van der Waals surface area contributed by atoms with Gasteiger partial charge in [0.15, 0.2) is 0 Å². The van der Waals surface area contributed by atoms with Gasteiger partial charge >= 0.3 is 0 Å². The number of rotatable bonds is 3. The number of hydrogen-bond donors (Lipinski definition) is 1. The van der Waals surface area contributed by atoms with E-state index < -0.39 is 0 Å². The zero-order valence-corrected chi connectivity index (χ0v) is 13.9. The van der Waals surface area contributed by atoms with Crippen LogP contribution in [0.25, 0.3) is 0 Å². The lowest BCUT2D eigenvalue weighted by molar-refractivity contribution is 0.249. The molecule has 1 aromatic rings. The maximum Gasteiger partial charge on any atom is 0.0423 e. The Morgan fingerprint density at radius 1 is 1.19 bits per heavy atom. The van der Waals surface area contributed by atoms with Gasteiger partial charge in [0.25, 0.3) is 0 Å². The van der Waals surface area contributed by atoms with Crippen molar-refractivity contribution in [2.45, 2.75) is 45.1 Å². The molecule has 2 aliphatic rings. The van der Waals surface area contributed by atoms with Crippen molar-refractivity contribution >= 4 is 11.4 Å². The molecule has 0 atom stereocenters. The van der Waals surface area contributed by atoms with E-state index in [2.05, 4.69) is 55.2 Å². The summed E-state index contributed by atoms with van der Waals surface area (Å²) in [6.07, 6.45) is 3.73. The summed E-state index contributed by atoms with van der Waals surface area (Å²) >= 11 is 0. The highest BCUT2D eigenvalue weighted by molar-refractivity contribution is 5.71. The minimum atomic E-state index is 0.593. The number of benzene rings is 1. The average molecular weight is 287 g/mol. The lowest BCUT2D eigenvalue weighted by Crippen LogP contribution is -2.42. The topological polar surface area (TPSA) is 18.5 Å². The molecule has 0 bridgehead atoms. The Balaban J connectivity index is 1.85. The standard InChI is InChI=1S/C18H29N3/c1-13(2)14-11-17-16(5-8-19-17)18(12-14)21-9-6-15(7-10-21)20(3)4/h11-13,15,19H,5-10H2,1-4H3. The van der Waals surface area contributed by atoms with E-state index >= 15 is 0 Å². The smallest absolute Gasteiger partial charge is 0.0423 e. The molecule has 1 N–H and O–H groups in total. The minimum absolute atomic E-state index is 0.593. The normalized spacial score (nSPS) is 19.2. The van der Waals surface area contributed by atoms with Crippen LogP contribution in [0.5, 0.6) is 0 Å². The summed E-state index contributed by atoms with van der Waals surface area (Å²) in [5.74, 6) is 0.593. The SMILES string of the molecule is CC(C)c1cc2c(c(N3CCC(N(C)C)CC3)c1)CCN2. The molecular weight excluding hydrogens is 258 g/mol. The van der Waals surface area contributed by atoms with Crippen LogP contribution in [0.4, 0.5) is 11.4 Å². The lowest BCUT2D eigenvalue weighted by Gasteiger charge is -2.37. The van der Waals surface area contributed by atoms with Crippen molar-refractivity contribution in [1.82, 2.24) is 4.90 Å². The molecule has 2 aliphatic heterocycles. The third-order valence-corrected chi connectivity index (χ3v) is 5.14. The number of anilines is 2. The molecule has 21 heavy (non-hydrogen) atoms. The van der Waals surface area contributed by atoms with Crippen molar-refractivity contribution < 1.29 is 0 Å². The Morgan fingerprint density at radius 3 is 2.52 bits per heavy atom. The Kier molecular flexibility index (Phi) is 4.12. The van der Waals surface area contributed by atoms with E-state index in [1.54, 1.807) is 5.56 Å². The van der Waals surface area contributed by atoms with Crippen molar-refractivity contribution in [3.05, 3.63) is 23.3 Å². The molecule has 3 nitrogen and oxygen atoms in total. The zero-order valence-electron chi connectivity index (χ0n) is 13.9. The summed E-state index contributed by atoms with van der Waals surface area (Å²) in [7, 11) is 4.42. The molecule has 1 fully saturated rings. The van der Waals surface area contributed by atoms with Gasteiger partial charge in [-0.3, -0.25) is 0 Å². The molecule has 2 heterocycles. The molecule has 0 unspecified atom stereocenters. The number of hydrogen-bond acceptors (Lipinski definition) is 3. The second-order valence-corrected chi connectivity index (χ2v) is 7.08. The van der Waals surface area contributed by atoms with Crippen LogP contribution in [0.1, 0.15) is 43.7 Å². The fourth-order valence-corrected chi connectivity index (χ4v) is 3.66. The summed E-state index contributed by atoms with van der Waals surface area (Å²) in [5.41, 5.74) is 5.89. The first-order valence-corrected chi connectivity index (χ1v) is 8.38. The molecule has 1 aromatic carbocycles. The van der Waals surface area contributed by atoms with Gasteiger partial charge in [0.1, 0.15) is 0 Å². The van der Waals surface area contributed by atoms with Gasteiger partial charge in [-0.1, -0.05) is 13.8 Å². The highest BCUT2D eigenvalue weighted by Gasteiger charge is 2.25. The van der Waals surface area contributed by atoms with Gasteiger partial charge in [0, 0.05) is 42.6 Å². The maximum absolute atomic E-state index is 3.57. The van der Waals surface area contributed by atoms with Gasteiger partial charge < -0.3 is 15.1 Å². The molecule has 0 amide bonds. The first-order valence-electron chi connectivity index (χ1n) is 8.38. The second kappa shape index (κ2) is 5.88. The molecule has 0 aliphatic carbocycles. The summed E-state index contributed by atoms with van der Waals surface area (Å²) in [4.78, 5) is 5.01. The van der Waals surface area contributed by atoms with E-state index in [1.807, 2.05) is 0 Å². The molecule has 0 radical (unpaired) electrons. The molecule has 0 saturated carbocycles. The molecule has 0 spiro atoms.